The van der Waals surface area contributed by atoms with Crippen molar-refractivity contribution in [3.05, 3.63) is 35.8 Å². The third-order valence-corrected chi connectivity index (χ3v) is 4.33. The maximum absolute atomic E-state index is 13.4. The first kappa shape index (κ1) is 14.3. The Kier molecular flexibility index (Phi) is 4.06. The van der Waals surface area contributed by atoms with Crippen LogP contribution in [0.1, 0.15) is 36.5 Å². The Morgan fingerprint density at radius 3 is 2.67 bits per heavy atom. The van der Waals surface area contributed by atoms with E-state index in [0.717, 1.165) is 37.1 Å². The maximum Gasteiger partial charge on any atom is 0.161 e. The molecule has 0 amide bonds. The second-order valence-corrected chi connectivity index (χ2v) is 5.86. The Hall–Kier alpha value is -1.68. The lowest BCUT2D eigenvalue weighted by molar-refractivity contribution is 0.101. The number of aromatic nitrogens is 1. The molecule has 1 saturated heterocycles. The van der Waals surface area contributed by atoms with Gasteiger partial charge in [0.1, 0.15) is 5.82 Å². The van der Waals surface area contributed by atoms with E-state index in [1.807, 2.05) is 6.20 Å². The minimum atomic E-state index is -0.293. The Morgan fingerprint density at radius 1 is 1.19 bits per heavy atom. The lowest BCUT2D eigenvalue weighted by Gasteiger charge is -2.26. The van der Waals surface area contributed by atoms with E-state index in [2.05, 4.69) is 9.47 Å². The normalized spacial score (nSPS) is 16.5. The first-order chi connectivity index (χ1) is 10.1. The van der Waals surface area contributed by atoms with Crippen LogP contribution in [0.2, 0.25) is 0 Å². The van der Waals surface area contributed by atoms with Gasteiger partial charge in [0.15, 0.2) is 5.78 Å². The van der Waals surface area contributed by atoms with Crippen molar-refractivity contribution in [1.82, 2.24) is 9.47 Å². The zero-order valence-electron chi connectivity index (χ0n) is 12.4. The van der Waals surface area contributed by atoms with Crippen LogP contribution in [0.4, 0.5) is 4.39 Å². The van der Waals surface area contributed by atoms with Crippen LogP contribution in [-0.4, -0.2) is 34.9 Å². The molecular formula is C17H21FN2O. The van der Waals surface area contributed by atoms with Crippen LogP contribution in [0.3, 0.4) is 0 Å². The number of halogens is 1. The summed E-state index contributed by atoms with van der Waals surface area (Å²) < 4.78 is 15.5. The molecule has 3 nitrogen and oxygen atoms in total. The summed E-state index contributed by atoms with van der Waals surface area (Å²) in [6.45, 7) is 5.68. The van der Waals surface area contributed by atoms with Crippen LogP contribution in [-0.2, 0) is 6.54 Å². The van der Waals surface area contributed by atoms with Gasteiger partial charge in [0, 0.05) is 35.8 Å². The number of piperidine rings is 1. The summed E-state index contributed by atoms with van der Waals surface area (Å²) in [6.07, 6.45) is 5.75. The molecule has 2 aromatic rings. The fraction of sp³-hybridized carbons (Fsp3) is 0.471. The Morgan fingerprint density at radius 2 is 1.95 bits per heavy atom. The molecule has 3 rings (SSSR count). The molecular weight excluding hydrogens is 267 g/mol. The molecule has 4 heteroatoms. The molecule has 0 aliphatic carbocycles. The van der Waals surface area contributed by atoms with Gasteiger partial charge in [-0.05, 0) is 51.1 Å². The van der Waals surface area contributed by atoms with E-state index < -0.39 is 0 Å². The molecule has 0 bridgehead atoms. The Balaban J connectivity index is 1.85. The molecule has 1 aliphatic rings. The molecule has 0 unspecified atom stereocenters. The van der Waals surface area contributed by atoms with Crippen molar-refractivity contribution in [2.75, 3.05) is 19.6 Å². The monoisotopic (exact) mass is 288 g/mol. The molecule has 112 valence electrons. The summed E-state index contributed by atoms with van der Waals surface area (Å²) in [6, 6.07) is 4.69. The maximum atomic E-state index is 13.4. The molecule has 0 atom stereocenters. The molecule has 1 aromatic carbocycles. The lowest BCUT2D eigenvalue weighted by Crippen LogP contribution is -2.32. The van der Waals surface area contributed by atoms with Crippen molar-refractivity contribution < 1.29 is 9.18 Å². The number of fused-ring (bicyclic) bond motifs is 1. The lowest BCUT2D eigenvalue weighted by atomic mass is 10.1. The highest BCUT2D eigenvalue weighted by atomic mass is 19.1. The molecule has 1 fully saturated rings. The smallest absolute Gasteiger partial charge is 0.161 e. The van der Waals surface area contributed by atoms with Crippen LogP contribution in [0.15, 0.2) is 24.4 Å². The number of likely N-dealkylation sites (tertiary alicyclic amines) is 1. The predicted molar refractivity (Wildman–Crippen MR) is 82.2 cm³/mol. The van der Waals surface area contributed by atoms with E-state index in [-0.39, 0.29) is 11.6 Å². The number of carbonyl (C=O) groups excluding carboxylic acids is 1. The third kappa shape index (κ3) is 3.00. The number of Topliss-reactive ketones (excluding diaryl/α,β-unsaturated/α-hetero) is 1. The van der Waals surface area contributed by atoms with E-state index >= 15 is 0 Å². The topological polar surface area (TPSA) is 25.2 Å². The molecule has 1 aromatic heterocycles. The second kappa shape index (κ2) is 5.98. The molecule has 0 spiro atoms. The number of carbonyl (C=O) groups is 1. The number of hydrogen-bond donors (Lipinski definition) is 0. The fourth-order valence-corrected chi connectivity index (χ4v) is 3.17. The fourth-order valence-electron chi connectivity index (χ4n) is 3.17. The first-order valence-corrected chi connectivity index (χ1v) is 7.67. The van der Waals surface area contributed by atoms with Gasteiger partial charge < -0.3 is 9.47 Å². The summed E-state index contributed by atoms with van der Waals surface area (Å²) in [5, 5.41) is 0.723. The van der Waals surface area contributed by atoms with E-state index in [9.17, 15) is 9.18 Å². The molecule has 1 aliphatic heterocycles. The summed E-state index contributed by atoms with van der Waals surface area (Å²) in [5.41, 5.74) is 1.56. The van der Waals surface area contributed by atoms with Gasteiger partial charge >= 0.3 is 0 Å². The minimum absolute atomic E-state index is 0.0117. The zero-order valence-corrected chi connectivity index (χ0v) is 12.4. The van der Waals surface area contributed by atoms with E-state index in [0.29, 0.717) is 5.56 Å². The third-order valence-electron chi connectivity index (χ3n) is 4.33. The number of benzene rings is 1. The SMILES string of the molecule is CC(=O)c1cn(CCN2CCCCC2)c2ccc(F)cc12. The first-order valence-electron chi connectivity index (χ1n) is 7.67. The zero-order chi connectivity index (χ0) is 14.8. The van der Waals surface area contributed by atoms with Crippen molar-refractivity contribution in [1.29, 1.82) is 0 Å². The van der Waals surface area contributed by atoms with Crippen molar-refractivity contribution in [2.24, 2.45) is 0 Å². The summed E-state index contributed by atoms with van der Waals surface area (Å²) in [4.78, 5) is 14.2. The van der Waals surface area contributed by atoms with Gasteiger partial charge in [-0.1, -0.05) is 6.42 Å². The van der Waals surface area contributed by atoms with Gasteiger partial charge in [-0.2, -0.15) is 0 Å². The largest absolute Gasteiger partial charge is 0.345 e. The number of ketones is 1. The number of rotatable bonds is 4. The van der Waals surface area contributed by atoms with Gasteiger partial charge in [0.2, 0.25) is 0 Å². The molecule has 21 heavy (non-hydrogen) atoms. The van der Waals surface area contributed by atoms with Crippen LogP contribution in [0.25, 0.3) is 10.9 Å². The van der Waals surface area contributed by atoms with Gasteiger partial charge in [-0.15, -0.1) is 0 Å². The van der Waals surface area contributed by atoms with Gasteiger partial charge in [0.25, 0.3) is 0 Å². The highest BCUT2D eigenvalue weighted by Crippen LogP contribution is 2.23. The quantitative estimate of drug-likeness (QED) is 0.805. The van der Waals surface area contributed by atoms with Crippen LogP contribution in [0.5, 0.6) is 0 Å². The molecule has 0 N–H and O–H groups in total. The average molecular weight is 288 g/mol. The van der Waals surface area contributed by atoms with Gasteiger partial charge in [-0.3, -0.25) is 4.79 Å². The molecule has 0 saturated carbocycles. The Labute approximate surface area is 124 Å². The predicted octanol–water partition coefficient (Wildman–Crippen LogP) is 3.47. The standard InChI is InChI=1S/C17H21FN2O/c1-13(21)16-12-20(10-9-19-7-3-2-4-8-19)17-6-5-14(18)11-15(16)17/h5-6,11-12H,2-4,7-10H2,1H3. The van der Waals surface area contributed by atoms with Crippen molar-refractivity contribution in [2.45, 2.75) is 32.7 Å². The van der Waals surface area contributed by atoms with E-state index in [4.69, 9.17) is 0 Å². The van der Waals surface area contributed by atoms with Crippen LogP contribution < -0.4 is 0 Å². The van der Waals surface area contributed by atoms with Gasteiger partial charge in [-0.25, -0.2) is 4.39 Å². The van der Waals surface area contributed by atoms with E-state index in [1.54, 1.807) is 6.07 Å². The minimum Gasteiger partial charge on any atom is -0.345 e. The van der Waals surface area contributed by atoms with Gasteiger partial charge in [0.05, 0.1) is 0 Å². The highest BCUT2D eigenvalue weighted by Gasteiger charge is 2.14. The molecule has 0 radical (unpaired) electrons. The highest BCUT2D eigenvalue weighted by molar-refractivity contribution is 6.06. The number of nitrogens with zero attached hydrogens (tertiary/aromatic N) is 2. The average Bonchev–Trinajstić information content (AvgIpc) is 2.84. The van der Waals surface area contributed by atoms with Crippen LogP contribution in [0, 0.1) is 5.82 Å². The van der Waals surface area contributed by atoms with Crippen LogP contribution >= 0.6 is 0 Å². The summed E-state index contributed by atoms with van der Waals surface area (Å²) in [5.74, 6) is -0.305. The summed E-state index contributed by atoms with van der Waals surface area (Å²) in [7, 11) is 0. The number of hydrogen-bond acceptors (Lipinski definition) is 2. The van der Waals surface area contributed by atoms with E-state index in [1.165, 1.54) is 38.3 Å². The molecule has 2 heterocycles. The Bertz CT molecular complexity index is 656. The summed E-state index contributed by atoms with van der Waals surface area (Å²) >= 11 is 0. The van der Waals surface area contributed by atoms with Crippen molar-refractivity contribution in [3.63, 3.8) is 0 Å². The second-order valence-electron chi connectivity index (χ2n) is 5.86. The van der Waals surface area contributed by atoms with Crippen molar-refractivity contribution in [3.8, 4) is 0 Å². The van der Waals surface area contributed by atoms with Crippen molar-refractivity contribution >= 4 is 16.7 Å².